The van der Waals surface area contributed by atoms with Gasteiger partial charge in [0.1, 0.15) is 0 Å². The first-order chi connectivity index (χ1) is 2.27. The van der Waals surface area contributed by atoms with E-state index in [-0.39, 0.29) is 32.0 Å². The van der Waals surface area contributed by atoms with Gasteiger partial charge in [-0.05, 0) is 0 Å². The zero-order chi connectivity index (χ0) is 4.28. The predicted molar refractivity (Wildman–Crippen MR) is 31.4 cm³/mol. The summed E-state index contributed by atoms with van der Waals surface area (Å²) in [6, 6.07) is 0. The Kier molecular flexibility index (Phi) is 9.37. The van der Waals surface area contributed by atoms with Crippen LogP contribution in [0.15, 0.2) is 0 Å². The van der Waals surface area contributed by atoms with Crippen molar-refractivity contribution in [1.82, 2.24) is 0 Å². The Morgan fingerprint density at radius 3 is 2.00 bits per heavy atom. The molecule has 0 atom stereocenters. The van der Waals surface area contributed by atoms with Gasteiger partial charge >= 0.3 is 32.2 Å². The number of thiol groups is 1. The monoisotopic (exact) mass is 304 g/mol. The van der Waals surface area contributed by atoms with Crippen LogP contribution in [-0.2, 0) is 4.79 Å². The van der Waals surface area contributed by atoms with Crippen molar-refractivity contribution in [3.05, 3.63) is 0 Å². The fourth-order valence-corrected chi connectivity index (χ4v) is 0. The summed E-state index contributed by atoms with van der Waals surface area (Å²) < 4.78 is 0. The molecule has 0 radical (unpaired) electrons. The summed E-state index contributed by atoms with van der Waals surface area (Å²) in [4.78, 5) is 9.29. The molecule has 2 nitrogen and oxygen atoms in total. The van der Waals surface area contributed by atoms with Crippen molar-refractivity contribution in [3.8, 4) is 0 Å². The zero-order valence-corrected chi connectivity index (χ0v) is 9.61. The maximum atomic E-state index is 9.29. The second kappa shape index (κ2) is 5.70. The van der Waals surface area contributed by atoms with Crippen molar-refractivity contribution >= 4 is 44.8 Å². The van der Waals surface area contributed by atoms with Crippen molar-refractivity contribution in [1.29, 1.82) is 0 Å². The van der Waals surface area contributed by atoms with Crippen molar-refractivity contribution in [2.45, 2.75) is 0 Å². The summed E-state index contributed by atoms with van der Waals surface area (Å²) in [5.74, 6) is -0.965. The molecule has 0 aromatic carbocycles. The topological polar surface area (TPSA) is 37.3 Å². The fraction of sp³-hybridized carbons (Fsp3) is 0.500. The molecule has 0 rings (SSSR count). The van der Waals surface area contributed by atoms with Crippen LogP contribution in [0.4, 0.5) is 0 Å². The SMILES string of the molecule is O=C(O)CS.[BiH3]. The molecule has 0 fully saturated rings. The molecule has 0 saturated heterocycles. The second-order valence-corrected chi connectivity index (χ2v) is 0.868. The minimum atomic E-state index is -0.881. The van der Waals surface area contributed by atoms with Crippen molar-refractivity contribution in [2.24, 2.45) is 0 Å². The van der Waals surface area contributed by atoms with Gasteiger partial charge in [0.2, 0.25) is 0 Å². The van der Waals surface area contributed by atoms with E-state index in [1.165, 1.54) is 0 Å². The van der Waals surface area contributed by atoms with Gasteiger partial charge in [0, 0.05) is 0 Å². The number of hydrogen-bond acceptors (Lipinski definition) is 2. The first-order valence-corrected chi connectivity index (χ1v) is 1.73. The molecule has 1 N–H and O–H groups in total. The van der Waals surface area contributed by atoms with E-state index in [0.717, 1.165) is 0 Å². The molecular weight excluding hydrogens is 297 g/mol. The van der Waals surface area contributed by atoms with Gasteiger partial charge in [0.05, 0.1) is 5.75 Å². The molecule has 0 amide bonds. The first-order valence-electron chi connectivity index (χ1n) is 1.10. The molecule has 4 heteroatoms. The van der Waals surface area contributed by atoms with Crippen molar-refractivity contribution in [2.75, 3.05) is 5.75 Å². The summed E-state index contributed by atoms with van der Waals surface area (Å²) in [7, 11) is 0. The van der Waals surface area contributed by atoms with E-state index in [1.807, 2.05) is 0 Å². The third kappa shape index (κ3) is 8.83. The predicted octanol–water partition coefficient (Wildman–Crippen LogP) is -1.18. The van der Waals surface area contributed by atoms with Crippen molar-refractivity contribution < 1.29 is 9.90 Å². The van der Waals surface area contributed by atoms with Crippen LogP contribution in [0.25, 0.3) is 0 Å². The minimum absolute atomic E-state index is 0. The fourth-order valence-electron chi connectivity index (χ4n) is 0. The summed E-state index contributed by atoms with van der Waals surface area (Å²) >= 11 is 3.42. The zero-order valence-electron chi connectivity index (χ0n) is 3.22. The molecule has 0 unspecified atom stereocenters. The molecule has 0 aliphatic carbocycles. The van der Waals surface area contributed by atoms with Gasteiger partial charge in [-0.2, -0.15) is 12.6 Å². The van der Waals surface area contributed by atoms with Gasteiger partial charge < -0.3 is 5.11 Å². The van der Waals surface area contributed by atoms with Crippen LogP contribution in [0.5, 0.6) is 0 Å². The second-order valence-electron chi connectivity index (χ2n) is 0.552. The van der Waals surface area contributed by atoms with Crippen LogP contribution in [0.2, 0.25) is 0 Å². The Morgan fingerprint density at radius 1 is 1.83 bits per heavy atom. The Labute approximate surface area is 60.5 Å². The van der Waals surface area contributed by atoms with Crippen LogP contribution in [0.3, 0.4) is 0 Å². The number of carbonyl (C=O) groups is 1. The number of carboxylic acid groups (broad SMARTS) is 1. The number of rotatable bonds is 1. The summed E-state index contributed by atoms with van der Waals surface area (Å²) in [5, 5.41) is 7.65. The van der Waals surface area contributed by atoms with E-state index in [0.29, 0.717) is 0 Å². The van der Waals surface area contributed by atoms with E-state index >= 15 is 0 Å². The summed E-state index contributed by atoms with van der Waals surface area (Å²) in [6.07, 6.45) is 0. The van der Waals surface area contributed by atoms with Crippen LogP contribution in [-0.4, -0.2) is 43.0 Å². The summed E-state index contributed by atoms with van der Waals surface area (Å²) in [5.41, 5.74) is 0. The van der Waals surface area contributed by atoms with Crippen molar-refractivity contribution in [3.63, 3.8) is 0 Å². The molecule has 0 heterocycles. The third-order valence-electron chi connectivity index (χ3n) is 0.135. The number of carboxylic acids is 1. The van der Waals surface area contributed by atoms with Crippen LogP contribution < -0.4 is 0 Å². The molecule has 0 aliphatic rings. The van der Waals surface area contributed by atoms with Gasteiger partial charge in [0.25, 0.3) is 0 Å². The molecule has 0 aliphatic heterocycles. The number of aliphatic carboxylic acids is 1. The quantitative estimate of drug-likeness (QED) is 0.473. The number of hydrogen-bond donors (Lipinski definition) is 2. The van der Waals surface area contributed by atoms with E-state index in [4.69, 9.17) is 5.11 Å². The molecule has 6 heavy (non-hydrogen) atoms. The molecular formula is C2H7BiO2S. The maximum absolute atomic E-state index is 9.29. The van der Waals surface area contributed by atoms with E-state index in [1.54, 1.807) is 0 Å². The average Bonchev–Trinajstić information content (AvgIpc) is 1.38. The summed E-state index contributed by atoms with van der Waals surface area (Å²) in [6.45, 7) is 0. The Morgan fingerprint density at radius 2 is 2.00 bits per heavy atom. The Bertz CT molecular complexity index is 46.8. The van der Waals surface area contributed by atoms with Crippen LogP contribution in [0, 0.1) is 0 Å². The van der Waals surface area contributed by atoms with E-state index < -0.39 is 5.97 Å². The average molecular weight is 304 g/mol. The van der Waals surface area contributed by atoms with E-state index in [2.05, 4.69) is 12.6 Å². The van der Waals surface area contributed by atoms with E-state index in [9.17, 15) is 4.79 Å². The van der Waals surface area contributed by atoms with Gasteiger partial charge in [-0.25, -0.2) is 0 Å². The van der Waals surface area contributed by atoms with Crippen LogP contribution >= 0.6 is 12.6 Å². The third-order valence-corrected chi connectivity index (χ3v) is 0.406. The van der Waals surface area contributed by atoms with Gasteiger partial charge in [-0.3, -0.25) is 4.79 Å². The Hall–Kier alpha value is 0.703. The molecule has 0 spiro atoms. The molecule has 38 valence electrons. The first kappa shape index (κ1) is 9.86. The standard InChI is InChI=1S/C2H4O2S.Bi.3H/c3-2(4)1-5;;;;/h5H,1H2,(H,3,4);;;;. The molecule has 0 aromatic heterocycles. The molecule has 0 saturated carbocycles. The normalized spacial score (nSPS) is 6.17. The molecule has 0 aromatic rings. The van der Waals surface area contributed by atoms with Gasteiger partial charge in [-0.1, -0.05) is 0 Å². The molecule has 0 bridgehead atoms. The van der Waals surface area contributed by atoms with Gasteiger partial charge in [-0.15, -0.1) is 0 Å². The Balaban J connectivity index is 0. The van der Waals surface area contributed by atoms with Gasteiger partial charge in [0.15, 0.2) is 0 Å². The van der Waals surface area contributed by atoms with Crippen LogP contribution in [0.1, 0.15) is 0 Å².